The Hall–Kier alpha value is -1.29. The first kappa shape index (κ1) is 10.8. The van der Waals surface area contributed by atoms with Crippen LogP contribution in [0.5, 0.6) is 0 Å². The smallest absolute Gasteiger partial charge is 0.280 e. The van der Waals surface area contributed by atoms with Crippen LogP contribution < -0.4 is 0 Å². The molecular formula is C10H15NO3. The zero-order valence-corrected chi connectivity index (χ0v) is 9.17. The molecule has 0 unspecified atom stereocenters. The molecule has 1 amide bonds. The molecular weight excluding hydrogens is 182 g/mol. The molecule has 1 rings (SSSR count). The summed E-state index contributed by atoms with van der Waals surface area (Å²) in [7, 11) is 3.03. The summed E-state index contributed by atoms with van der Waals surface area (Å²) < 4.78 is 5.36. The van der Waals surface area contributed by atoms with Gasteiger partial charge in [-0.1, -0.05) is 0 Å². The van der Waals surface area contributed by atoms with Crippen molar-refractivity contribution in [3.8, 4) is 0 Å². The topological polar surface area (TPSA) is 42.7 Å². The van der Waals surface area contributed by atoms with Crippen LogP contribution in [-0.2, 0) is 4.84 Å². The van der Waals surface area contributed by atoms with E-state index in [2.05, 4.69) is 0 Å². The van der Waals surface area contributed by atoms with Crippen LogP contribution in [0.3, 0.4) is 0 Å². The summed E-state index contributed by atoms with van der Waals surface area (Å²) in [6.45, 7) is 5.48. The third kappa shape index (κ3) is 1.65. The second-order valence-electron chi connectivity index (χ2n) is 3.20. The molecule has 0 spiro atoms. The van der Waals surface area contributed by atoms with Gasteiger partial charge in [-0.25, -0.2) is 5.06 Å². The third-order valence-corrected chi connectivity index (χ3v) is 2.34. The standard InChI is InChI=1S/C10H15NO3/c1-6-7(2)14-8(3)9(6)10(12)11(4)13-5/h1-5H3. The maximum absolute atomic E-state index is 11.8. The number of carbonyl (C=O) groups is 1. The molecule has 0 bridgehead atoms. The van der Waals surface area contributed by atoms with Gasteiger partial charge in [0.25, 0.3) is 5.91 Å². The summed E-state index contributed by atoms with van der Waals surface area (Å²) in [5.41, 5.74) is 1.46. The lowest BCUT2D eigenvalue weighted by atomic mass is 10.1. The van der Waals surface area contributed by atoms with E-state index in [0.717, 1.165) is 11.3 Å². The number of rotatable bonds is 2. The van der Waals surface area contributed by atoms with E-state index < -0.39 is 0 Å². The molecule has 0 aliphatic heterocycles. The Balaban J connectivity index is 3.12. The lowest BCUT2D eigenvalue weighted by Gasteiger charge is -2.13. The van der Waals surface area contributed by atoms with Gasteiger partial charge in [-0.15, -0.1) is 0 Å². The highest BCUT2D eigenvalue weighted by Crippen LogP contribution is 2.21. The number of hydrogen-bond acceptors (Lipinski definition) is 3. The van der Waals surface area contributed by atoms with Gasteiger partial charge in [-0.05, 0) is 20.8 Å². The minimum Gasteiger partial charge on any atom is -0.466 e. The van der Waals surface area contributed by atoms with Gasteiger partial charge in [0.1, 0.15) is 11.5 Å². The lowest BCUT2D eigenvalue weighted by Crippen LogP contribution is -2.26. The Morgan fingerprint density at radius 2 is 1.86 bits per heavy atom. The monoisotopic (exact) mass is 197 g/mol. The van der Waals surface area contributed by atoms with E-state index in [0.29, 0.717) is 11.3 Å². The average Bonchev–Trinajstić information content (AvgIpc) is 2.39. The Kier molecular flexibility index (Phi) is 2.96. The van der Waals surface area contributed by atoms with Crippen molar-refractivity contribution in [3.05, 3.63) is 22.6 Å². The highest BCUT2D eigenvalue weighted by Gasteiger charge is 2.21. The van der Waals surface area contributed by atoms with E-state index in [1.165, 1.54) is 12.2 Å². The number of carbonyl (C=O) groups excluding carboxylic acids is 1. The summed E-state index contributed by atoms with van der Waals surface area (Å²) in [4.78, 5) is 16.6. The maximum atomic E-state index is 11.8. The van der Waals surface area contributed by atoms with Crippen molar-refractivity contribution in [3.63, 3.8) is 0 Å². The van der Waals surface area contributed by atoms with Gasteiger partial charge in [-0.3, -0.25) is 9.63 Å². The average molecular weight is 197 g/mol. The number of hydroxylamine groups is 2. The van der Waals surface area contributed by atoms with Crippen molar-refractivity contribution in [2.24, 2.45) is 0 Å². The molecule has 0 fully saturated rings. The molecule has 0 aliphatic rings. The van der Waals surface area contributed by atoms with Gasteiger partial charge in [0.2, 0.25) is 0 Å². The van der Waals surface area contributed by atoms with Crippen LogP contribution in [0.25, 0.3) is 0 Å². The number of aryl methyl sites for hydroxylation is 2. The van der Waals surface area contributed by atoms with E-state index in [1.807, 2.05) is 13.8 Å². The molecule has 1 aromatic heterocycles. The Morgan fingerprint density at radius 1 is 1.29 bits per heavy atom. The molecule has 4 heteroatoms. The summed E-state index contributed by atoms with van der Waals surface area (Å²) >= 11 is 0. The first-order valence-corrected chi connectivity index (χ1v) is 4.37. The van der Waals surface area contributed by atoms with Crippen LogP contribution in [0.15, 0.2) is 4.42 Å². The van der Waals surface area contributed by atoms with Crippen LogP contribution >= 0.6 is 0 Å². The maximum Gasteiger partial charge on any atom is 0.280 e. The quantitative estimate of drug-likeness (QED) is 0.679. The summed E-state index contributed by atoms with van der Waals surface area (Å²) in [6, 6.07) is 0. The molecule has 0 atom stereocenters. The van der Waals surface area contributed by atoms with Gasteiger partial charge in [0, 0.05) is 12.6 Å². The fraction of sp³-hybridized carbons (Fsp3) is 0.500. The number of amides is 1. The van der Waals surface area contributed by atoms with Gasteiger partial charge in [-0.2, -0.15) is 0 Å². The normalized spacial score (nSPS) is 10.4. The largest absolute Gasteiger partial charge is 0.466 e. The van der Waals surface area contributed by atoms with Crippen LogP contribution in [0.1, 0.15) is 27.4 Å². The first-order chi connectivity index (χ1) is 6.49. The second-order valence-corrected chi connectivity index (χ2v) is 3.20. The molecule has 0 radical (unpaired) electrons. The fourth-order valence-corrected chi connectivity index (χ4v) is 1.35. The minimum atomic E-state index is -0.181. The molecule has 78 valence electrons. The molecule has 4 nitrogen and oxygen atoms in total. The number of nitrogens with zero attached hydrogens (tertiary/aromatic N) is 1. The Morgan fingerprint density at radius 3 is 2.21 bits per heavy atom. The van der Waals surface area contributed by atoms with E-state index in [1.54, 1.807) is 14.0 Å². The van der Waals surface area contributed by atoms with Gasteiger partial charge in [0.05, 0.1) is 12.7 Å². The zero-order chi connectivity index (χ0) is 10.9. The highest BCUT2D eigenvalue weighted by atomic mass is 16.7. The third-order valence-electron chi connectivity index (χ3n) is 2.34. The van der Waals surface area contributed by atoms with E-state index in [-0.39, 0.29) is 5.91 Å². The van der Waals surface area contributed by atoms with Crippen molar-refractivity contribution < 1.29 is 14.0 Å². The summed E-state index contributed by atoms with van der Waals surface area (Å²) in [5, 5.41) is 1.18. The predicted octanol–water partition coefficient (Wildman–Crippen LogP) is 1.84. The molecule has 1 aromatic rings. The van der Waals surface area contributed by atoms with Crippen molar-refractivity contribution in [2.75, 3.05) is 14.2 Å². The Labute approximate surface area is 83.4 Å². The molecule has 0 saturated heterocycles. The molecule has 0 saturated carbocycles. The van der Waals surface area contributed by atoms with Crippen molar-refractivity contribution >= 4 is 5.91 Å². The summed E-state index contributed by atoms with van der Waals surface area (Å²) in [6.07, 6.45) is 0. The number of furan rings is 1. The molecule has 0 aromatic carbocycles. The van der Waals surface area contributed by atoms with Crippen molar-refractivity contribution in [1.82, 2.24) is 5.06 Å². The first-order valence-electron chi connectivity index (χ1n) is 4.37. The van der Waals surface area contributed by atoms with Crippen LogP contribution in [-0.4, -0.2) is 25.1 Å². The van der Waals surface area contributed by atoms with Crippen LogP contribution in [0.2, 0.25) is 0 Å². The van der Waals surface area contributed by atoms with Crippen molar-refractivity contribution in [2.45, 2.75) is 20.8 Å². The molecule has 0 aliphatic carbocycles. The molecule has 0 N–H and O–H groups in total. The number of hydrogen-bond donors (Lipinski definition) is 0. The van der Waals surface area contributed by atoms with E-state index in [9.17, 15) is 4.79 Å². The van der Waals surface area contributed by atoms with Crippen LogP contribution in [0.4, 0.5) is 0 Å². The van der Waals surface area contributed by atoms with Gasteiger partial charge in [0.15, 0.2) is 0 Å². The van der Waals surface area contributed by atoms with Gasteiger partial charge < -0.3 is 4.42 Å². The van der Waals surface area contributed by atoms with E-state index >= 15 is 0 Å². The van der Waals surface area contributed by atoms with Gasteiger partial charge >= 0.3 is 0 Å². The molecule has 1 heterocycles. The Bertz CT molecular complexity index is 354. The SMILES string of the molecule is CON(C)C(=O)c1c(C)oc(C)c1C. The van der Waals surface area contributed by atoms with E-state index in [4.69, 9.17) is 9.25 Å². The fourth-order valence-electron chi connectivity index (χ4n) is 1.35. The minimum absolute atomic E-state index is 0.181. The van der Waals surface area contributed by atoms with Crippen molar-refractivity contribution in [1.29, 1.82) is 0 Å². The molecule has 14 heavy (non-hydrogen) atoms. The van der Waals surface area contributed by atoms with Crippen LogP contribution in [0, 0.1) is 20.8 Å². The zero-order valence-electron chi connectivity index (χ0n) is 9.17. The second kappa shape index (κ2) is 3.84. The predicted molar refractivity (Wildman–Crippen MR) is 52.0 cm³/mol. The highest BCUT2D eigenvalue weighted by molar-refractivity contribution is 5.96. The lowest BCUT2D eigenvalue weighted by molar-refractivity contribution is -0.0758. The summed E-state index contributed by atoms with van der Waals surface area (Å²) in [5.74, 6) is 1.23.